The first-order chi connectivity index (χ1) is 15.1. The number of hydrogen-bond donors (Lipinski definition) is 0. The third-order valence-electron chi connectivity index (χ3n) is 5.13. The van der Waals surface area contributed by atoms with E-state index in [9.17, 15) is 9.18 Å². The SMILES string of the molecule is CCOc1ccc(C(=O)N2CCC[C@H]2c2nc(-c3ccc(F)cc3)no2)cc1OCC. The van der Waals surface area contributed by atoms with Crippen LogP contribution in [0.2, 0.25) is 0 Å². The van der Waals surface area contributed by atoms with Crippen molar-refractivity contribution in [1.82, 2.24) is 15.0 Å². The molecule has 1 aliphatic rings. The largest absolute Gasteiger partial charge is 0.490 e. The fraction of sp³-hybridized carbons (Fsp3) is 0.348. The first kappa shape index (κ1) is 20.8. The normalized spacial score (nSPS) is 15.8. The third-order valence-corrected chi connectivity index (χ3v) is 5.13. The van der Waals surface area contributed by atoms with Crippen LogP contribution in [0, 0.1) is 5.82 Å². The Labute approximate surface area is 179 Å². The smallest absolute Gasteiger partial charge is 0.254 e. The standard InChI is InChI=1S/C23H24FN3O4/c1-3-29-19-12-9-16(14-20(19)30-4-2)23(28)27-13-5-6-18(27)22-25-21(26-31-22)15-7-10-17(24)11-8-15/h7-12,14,18H,3-6,13H2,1-2H3/t18-/m0/s1. The molecule has 1 fully saturated rings. The van der Waals surface area contributed by atoms with Gasteiger partial charge in [0.05, 0.1) is 13.2 Å². The second-order valence-corrected chi connectivity index (χ2v) is 7.15. The van der Waals surface area contributed by atoms with Crippen molar-refractivity contribution in [1.29, 1.82) is 0 Å². The number of carbonyl (C=O) groups excluding carboxylic acids is 1. The Morgan fingerprint density at radius 2 is 1.87 bits per heavy atom. The fourth-order valence-corrected chi connectivity index (χ4v) is 3.70. The Morgan fingerprint density at radius 1 is 1.13 bits per heavy atom. The van der Waals surface area contributed by atoms with Crippen LogP contribution < -0.4 is 9.47 Å². The Hall–Kier alpha value is -3.42. The van der Waals surface area contributed by atoms with E-state index in [-0.39, 0.29) is 17.8 Å². The lowest BCUT2D eigenvalue weighted by atomic mass is 10.1. The van der Waals surface area contributed by atoms with Gasteiger partial charge in [0.2, 0.25) is 11.7 Å². The van der Waals surface area contributed by atoms with Crippen LogP contribution in [-0.2, 0) is 0 Å². The van der Waals surface area contributed by atoms with Crippen molar-refractivity contribution in [3.8, 4) is 22.9 Å². The highest BCUT2D eigenvalue weighted by Crippen LogP contribution is 2.35. The molecule has 0 N–H and O–H groups in total. The predicted octanol–water partition coefficient (Wildman–Crippen LogP) is 4.65. The number of hydrogen-bond acceptors (Lipinski definition) is 6. The van der Waals surface area contributed by atoms with Crippen molar-refractivity contribution in [2.75, 3.05) is 19.8 Å². The molecule has 0 bridgehead atoms. The van der Waals surface area contributed by atoms with Crippen LogP contribution in [0.4, 0.5) is 4.39 Å². The van der Waals surface area contributed by atoms with Crippen LogP contribution in [-0.4, -0.2) is 40.7 Å². The summed E-state index contributed by atoms with van der Waals surface area (Å²) < 4.78 is 29.9. The average Bonchev–Trinajstić information content (AvgIpc) is 3.45. The number of amides is 1. The zero-order valence-corrected chi connectivity index (χ0v) is 17.5. The lowest BCUT2D eigenvalue weighted by Gasteiger charge is -2.22. The lowest BCUT2D eigenvalue weighted by molar-refractivity contribution is 0.0709. The molecule has 1 aliphatic heterocycles. The molecule has 1 saturated heterocycles. The number of rotatable bonds is 7. The second kappa shape index (κ2) is 9.16. The lowest BCUT2D eigenvalue weighted by Crippen LogP contribution is -2.30. The first-order valence-corrected chi connectivity index (χ1v) is 10.4. The molecule has 8 heteroatoms. The van der Waals surface area contributed by atoms with E-state index in [1.54, 1.807) is 35.2 Å². The van der Waals surface area contributed by atoms with Crippen molar-refractivity contribution < 1.29 is 23.2 Å². The molecule has 0 saturated carbocycles. The van der Waals surface area contributed by atoms with Crippen molar-refractivity contribution in [2.45, 2.75) is 32.7 Å². The maximum absolute atomic E-state index is 13.3. The second-order valence-electron chi connectivity index (χ2n) is 7.15. The highest BCUT2D eigenvalue weighted by molar-refractivity contribution is 5.95. The van der Waals surface area contributed by atoms with E-state index in [4.69, 9.17) is 14.0 Å². The molecule has 2 aromatic carbocycles. The highest BCUT2D eigenvalue weighted by Gasteiger charge is 2.35. The van der Waals surface area contributed by atoms with Crippen molar-refractivity contribution in [3.63, 3.8) is 0 Å². The molecular weight excluding hydrogens is 401 g/mol. The first-order valence-electron chi connectivity index (χ1n) is 10.4. The quantitative estimate of drug-likeness (QED) is 0.548. The topological polar surface area (TPSA) is 77.7 Å². The molecule has 0 aliphatic carbocycles. The monoisotopic (exact) mass is 425 g/mol. The number of carbonyl (C=O) groups is 1. The van der Waals surface area contributed by atoms with Gasteiger partial charge in [-0.3, -0.25) is 4.79 Å². The van der Waals surface area contributed by atoms with Gasteiger partial charge in [-0.15, -0.1) is 0 Å². The zero-order valence-electron chi connectivity index (χ0n) is 17.5. The minimum Gasteiger partial charge on any atom is -0.490 e. The number of ether oxygens (including phenoxy) is 2. The fourth-order valence-electron chi connectivity index (χ4n) is 3.70. The van der Waals surface area contributed by atoms with Gasteiger partial charge in [-0.1, -0.05) is 5.16 Å². The van der Waals surface area contributed by atoms with Gasteiger partial charge in [0.15, 0.2) is 11.5 Å². The van der Waals surface area contributed by atoms with Gasteiger partial charge in [-0.05, 0) is 69.2 Å². The van der Waals surface area contributed by atoms with E-state index in [1.807, 2.05) is 13.8 Å². The van der Waals surface area contributed by atoms with E-state index >= 15 is 0 Å². The van der Waals surface area contributed by atoms with Gasteiger partial charge in [-0.25, -0.2) is 4.39 Å². The van der Waals surface area contributed by atoms with Gasteiger partial charge in [0.1, 0.15) is 11.9 Å². The van der Waals surface area contributed by atoms with Crippen LogP contribution in [0.3, 0.4) is 0 Å². The number of aromatic nitrogens is 2. The van der Waals surface area contributed by atoms with Crippen LogP contribution >= 0.6 is 0 Å². The Balaban J connectivity index is 1.56. The summed E-state index contributed by atoms with van der Waals surface area (Å²) in [4.78, 5) is 19.5. The minimum atomic E-state index is -0.332. The summed E-state index contributed by atoms with van der Waals surface area (Å²) in [6.07, 6.45) is 1.56. The van der Waals surface area contributed by atoms with Crippen molar-refractivity contribution >= 4 is 5.91 Å². The summed E-state index contributed by atoms with van der Waals surface area (Å²) >= 11 is 0. The van der Waals surface area contributed by atoms with E-state index < -0.39 is 0 Å². The number of halogens is 1. The number of nitrogens with zero attached hydrogens (tertiary/aromatic N) is 3. The van der Waals surface area contributed by atoms with Crippen LogP contribution in [0.15, 0.2) is 47.0 Å². The van der Waals surface area contributed by atoms with E-state index in [0.717, 1.165) is 12.8 Å². The zero-order chi connectivity index (χ0) is 21.8. The van der Waals surface area contributed by atoms with Gasteiger partial charge in [0, 0.05) is 17.7 Å². The number of benzene rings is 2. The molecule has 4 rings (SSSR count). The molecule has 1 atom stereocenters. The third kappa shape index (κ3) is 4.38. The average molecular weight is 425 g/mol. The van der Waals surface area contributed by atoms with Gasteiger partial charge in [-0.2, -0.15) is 4.98 Å². The summed E-state index contributed by atoms with van der Waals surface area (Å²) in [7, 11) is 0. The predicted molar refractivity (Wildman–Crippen MR) is 111 cm³/mol. The maximum atomic E-state index is 13.3. The molecule has 0 radical (unpaired) electrons. The Kier molecular flexibility index (Phi) is 6.16. The molecule has 2 heterocycles. The highest BCUT2D eigenvalue weighted by atomic mass is 19.1. The van der Waals surface area contributed by atoms with E-state index in [1.165, 1.54) is 12.1 Å². The molecule has 1 amide bonds. The van der Waals surface area contributed by atoms with Crippen molar-refractivity contribution in [2.24, 2.45) is 0 Å². The molecule has 0 spiro atoms. The summed E-state index contributed by atoms with van der Waals surface area (Å²) in [6, 6.07) is 10.8. The molecule has 0 unspecified atom stereocenters. The summed E-state index contributed by atoms with van der Waals surface area (Å²) in [6.45, 7) is 5.35. The molecule has 3 aromatic rings. The summed E-state index contributed by atoms with van der Waals surface area (Å²) in [5.41, 5.74) is 1.16. The number of likely N-dealkylation sites (tertiary alicyclic amines) is 1. The van der Waals surface area contributed by atoms with E-state index in [0.29, 0.717) is 54.1 Å². The Morgan fingerprint density at radius 3 is 2.61 bits per heavy atom. The van der Waals surface area contributed by atoms with E-state index in [2.05, 4.69) is 10.1 Å². The summed E-state index contributed by atoms with van der Waals surface area (Å²) in [5.74, 6) is 1.44. The van der Waals surface area contributed by atoms with Crippen molar-refractivity contribution in [3.05, 3.63) is 59.7 Å². The minimum absolute atomic E-state index is 0.131. The molecule has 162 valence electrons. The molecule has 7 nitrogen and oxygen atoms in total. The van der Waals surface area contributed by atoms with Gasteiger partial charge in [0.25, 0.3) is 5.91 Å². The summed E-state index contributed by atoms with van der Waals surface area (Å²) in [5, 5.41) is 4.01. The van der Waals surface area contributed by atoms with Gasteiger partial charge < -0.3 is 18.9 Å². The van der Waals surface area contributed by atoms with Crippen LogP contribution in [0.5, 0.6) is 11.5 Å². The van der Waals surface area contributed by atoms with Gasteiger partial charge >= 0.3 is 0 Å². The maximum Gasteiger partial charge on any atom is 0.254 e. The molecule has 31 heavy (non-hydrogen) atoms. The molecular formula is C23H24FN3O4. The molecule has 1 aromatic heterocycles. The van der Waals surface area contributed by atoms with Crippen LogP contribution in [0.1, 0.15) is 49.0 Å². The Bertz CT molecular complexity index is 1050. The van der Waals surface area contributed by atoms with Crippen LogP contribution in [0.25, 0.3) is 11.4 Å².